The van der Waals surface area contributed by atoms with Crippen molar-refractivity contribution in [1.29, 1.82) is 0 Å². The molecule has 1 aliphatic rings. The van der Waals surface area contributed by atoms with Crippen molar-refractivity contribution in [3.63, 3.8) is 0 Å². The van der Waals surface area contributed by atoms with Crippen molar-refractivity contribution in [3.8, 4) is 0 Å². The molecule has 1 aliphatic carbocycles. The topological polar surface area (TPSA) is 20.2 Å². The summed E-state index contributed by atoms with van der Waals surface area (Å²) in [5.41, 5.74) is 4.56. The van der Waals surface area contributed by atoms with Crippen molar-refractivity contribution in [2.45, 2.75) is 58.3 Å². The van der Waals surface area contributed by atoms with Crippen LogP contribution in [0.15, 0.2) is 18.2 Å². The fourth-order valence-electron chi connectivity index (χ4n) is 3.15. The van der Waals surface area contributed by atoms with E-state index in [1.807, 2.05) is 0 Å². The molecular weight excluding hydrogens is 220 g/mol. The molecule has 100 valence electrons. The first-order chi connectivity index (χ1) is 8.70. The number of benzene rings is 1. The summed E-state index contributed by atoms with van der Waals surface area (Å²) in [6.45, 7) is 4.83. The summed E-state index contributed by atoms with van der Waals surface area (Å²) in [4.78, 5) is 0. The predicted molar refractivity (Wildman–Crippen MR) is 77.0 cm³/mol. The van der Waals surface area contributed by atoms with Crippen LogP contribution in [0.3, 0.4) is 0 Å². The Morgan fingerprint density at radius 3 is 2.50 bits per heavy atom. The minimum Gasteiger partial charge on any atom is -0.396 e. The molecule has 2 rings (SSSR count). The van der Waals surface area contributed by atoms with Crippen LogP contribution in [0.4, 0.5) is 0 Å². The van der Waals surface area contributed by atoms with Crippen LogP contribution in [0.25, 0.3) is 0 Å². The maximum Gasteiger partial charge on any atom is 0.0436 e. The molecule has 0 aromatic heterocycles. The van der Waals surface area contributed by atoms with Gasteiger partial charge in [-0.3, -0.25) is 0 Å². The van der Waals surface area contributed by atoms with Crippen LogP contribution >= 0.6 is 0 Å². The Balaban J connectivity index is 2.18. The molecule has 1 unspecified atom stereocenters. The molecule has 1 heteroatoms. The average molecular weight is 246 g/mol. The highest BCUT2D eigenvalue weighted by Gasteiger charge is 2.16. The lowest BCUT2D eigenvalue weighted by atomic mass is 9.83. The number of hydrogen-bond donors (Lipinski definition) is 1. The van der Waals surface area contributed by atoms with E-state index in [0.29, 0.717) is 18.4 Å². The van der Waals surface area contributed by atoms with Crippen LogP contribution in [0.2, 0.25) is 0 Å². The van der Waals surface area contributed by atoms with Crippen molar-refractivity contribution in [2.75, 3.05) is 6.61 Å². The van der Waals surface area contributed by atoms with E-state index in [0.717, 1.165) is 6.42 Å². The van der Waals surface area contributed by atoms with Gasteiger partial charge in [-0.05, 0) is 67.1 Å². The molecule has 0 fully saturated rings. The van der Waals surface area contributed by atoms with E-state index in [-0.39, 0.29) is 0 Å². The lowest BCUT2D eigenvalue weighted by Crippen LogP contribution is -2.08. The Morgan fingerprint density at radius 1 is 1.11 bits per heavy atom. The van der Waals surface area contributed by atoms with Crippen LogP contribution in [-0.4, -0.2) is 11.7 Å². The molecule has 0 aliphatic heterocycles. The van der Waals surface area contributed by atoms with Gasteiger partial charge in [-0.25, -0.2) is 0 Å². The number of fused-ring (bicyclic) bond motifs is 1. The number of aliphatic hydroxyl groups is 1. The summed E-state index contributed by atoms with van der Waals surface area (Å²) in [6, 6.07) is 7.04. The van der Waals surface area contributed by atoms with E-state index in [1.165, 1.54) is 37.7 Å². The third-order valence-corrected chi connectivity index (χ3v) is 4.08. The van der Waals surface area contributed by atoms with E-state index in [1.54, 1.807) is 11.1 Å². The van der Waals surface area contributed by atoms with Gasteiger partial charge in [0, 0.05) is 6.61 Å². The number of aryl methyl sites for hydroxylation is 2. The highest BCUT2D eigenvalue weighted by Crippen LogP contribution is 2.30. The molecule has 0 heterocycles. The monoisotopic (exact) mass is 246 g/mol. The number of hydrogen-bond acceptors (Lipinski definition) is 1. The minimum atomic E-state index is 0.300. The molecule has 1 atom stereocenters. The molecular formula is C17H26O. The van der Waals surface area contributed by atoms with Crippen LogP contribution in [0.1, 0.15) is 62.1 Å². The van der Waals surface area contributed by atoms with Gasteiger partial charge < -0.3 is 5.11 Å². The maximum absolute atomic E-state index is 9.25. The van der Waals surface area contributed by atoms with Crippen molar-refractivity contribution in [1.82, 2.24) is 0 Å². The quantitative estimate of drug-likeness (QED) is 0.830. The number of aliphatic hydroxyl groups excluding tert-OH is 1. The van der Waals surface area contributed by atoms with Crippen LogP contribution in [0, 0.1) is 5.92 Å². The Morgan fingerprint density at radius 2 is 1.83 bits per heavy atom. The molecule has 0 bridgehead atoms. The van der Waals surface area contributed by atoms with Gasteiger partial charge in [-0.1, -0.05) is 32.0 Å². The first-order valence-corrected chi connectivity index (χ1v) is 7.43. The summed E-state index contributed by atoms with van der Waals surface area (Å²) in [5.74, 6) is 1.22. The van der Waals surface area contributed by atoms with Gasteiger partial charge in [0.2, 0.25) is 0 Å². The van der Waals surface area contributed by atoms with Crippen LogP contribution in [0.5, 0.6) is 0 Å². The molecule has 0 saturated carbocycles. The molecule has 0 spiro atoms. The van der Waals surface area contributed by atoms with E-state index in [2.05, 4.69) is 32.0 Å². The Hall–Kier alpha value is -0.820. The molecule has 1 aromatic rings. The maximum atomic E-state index is 9.25. The molecule has 0 saturated heterocycles. The molecule has 1 aromatic carbocycles. The summed E-state index contributed by atoms with van der Waals surface area (Å²) in [5, 5.41) is 9.25. The molecule has 1 N–H and O–H groups in total. The summed E-state index contributed by atoms with van der Waals surface area (Å²) in [6.07, 6.45) is 7.27. The van der Waals surface area contributed by atoms with E-state index in [4.69, 9.17) is 0 Å². The number of rotatable bonds is 5. The second-order valence-corrected chi connectivity index (χ2v) is 6.07. The average Bonchev–Trinajstić information content (AvgIpc) is 2.37. The van der Waals surface area contributed by atoms with Gasteiger partial charge in [-0.2, -0.15) is 0 Å². The molecule has 1 nitrogen and oxygen atoms in total. The normalized spacial score (nSPS) is 16.7. The summed E-state index contributed by atoms with van der Waals surface area (Å²) < 4.78 is 0. The second-order valence-electron chi connectivity index (χ2n) is 6.07. The highest BCUT2D eigenvalue weighted by atomic mass is 16.3. The van der Waals surface area contributed by atoms with Crippen molar-refractivity contribution >= 4 is 0 Å². The van der Waals surface area contributed by atoms with Gasteiger partial charge >= 0.3 is 0 Å². The van der Waals surface area contributed by atoms with Crippen molar-refractivity contribution in [3.05, 3.63) is 34.9 Å². The third kappa shape index (κ3) is 3.35. The van der Waals surface area contributed by atoms with E-state index in [9.17, 15) is 5.11 Å². The SMILES string of the molecule is CC(C)CC(CCO)c1ccc2c(c1)CCCC2. The summed E-state index contributed by atoms with van der Waals surface area (Å²) >= 11 is 0. The van der Waals surface area contributed by atoms with E-state index >= 15 is 0 Å². The first kappa shape index (κ1) is 13.6. The van der Waals surface area contributed by atoms with Crippen molar-refractivity contribution < 1.29 is 5.11 Å². The van der Waals surface area contributed by atoms with E-state index < -0.39 is 0 Å². The predicted octanol–water partition coefficient (Wildman–Crippen LogP) is 4.08. The molecule has 0 amide bonds. The molecule has 18 heavy (non-hydrogen) atoms. The highest BCUT2D eigenvalue weighted by molar-refractivity contribution is 5.35. The lowest BCUT2D eigenvalue weighted by molar-refractivity contribution is 0.267. The zero-order valence-electron chi connectivity index (χ0n) is 11.8. The molecule has 0 radical (unpaired) electrons. The Kier molecular flexibility index (Phi) is 4.82. The van der Waals surface area contributed by atoms with Gasteiger partial charge in [0.1, 0.15) is 0 Å². The zero-order valence-corrected chi connectivity index (χ0v) is 11.8. The minimum absolute atomic E-state index is 0.300. The van der Waals surface area contributed by atoms with Gasteiger partial charge in [-0.15, -0.1) is 0 Å². The summed E-state index contributed by atoms with van der Waals surface area (Å²) in [7, 11) is 0. The largest absolute Gasteiger partial charge is 0.396 e. The zero-order chi connectivity index (χ0) is 13.0. The van der Waals surface area contributed by atoms with Gasteiger partial charge in [0.05, 0.1) is 0 Å². The Bertz CT molecular complexity index is 381. The fourth-order valence-corrected chi connectivity index (χ4v) is 3.15. The Labute approximate surface area is 111 Å². The van der Waals surface area contributed by atoms with Gasteiger partial charge in [0.25, 0.3) is 0 Å². The lowest BCUT2D eigenvalue weighted by Gasteiger charge is -2.22. The third-order valence-electron chi connectivity index (χ3n) is 4.08. The fraction of sp³-hybridized carbons (Fsp3) is 0.647. The smallest absolute Gasteiger partial charge is 0.0436 e. The van der Waals surface area contributed by atoms with Crippen molar-refractivity contribution in [2.24, 2.45) is 5.92 Å². The van der Waals surface area contributed by atoms with Crippen LogP contribution < -0.4 is 0 Å². The van der Waals surface area contributed by atoms with Gasteiger partial charge in [0.15, 0.2) is 0 Å². The second kappa shape index (κ2) is 6.38. The standard InChI is InChI=1S/C17H26O/c1-13(2)11-17(9-10-18)16-8-7-14-5-3-4-6-15(14)12-16/h7-8,12-13,17-18H,3-6,9-11H2,1-2H3. The van der Waals surface area contributed by atoms with Crippen LogP contribution in [-0.2, 0) is 12.8 Å². The first-order valence-electron chi connectivity index (χ1n) is 7.43.